The van der Waals surface area contributed by atoms with Crippen LogP contribution in [0, 0.1) is 0 Å². The first-order valence-corrected chi connectivity index (χ1v) is 8.52. The third-order valence-corrected chi connectivity index (χ3v) is 4.23. The summed E-state index contributed by atoms with van der Waals surface area (Å²) in [5, 5.41) is 2.88. The lowest BCUT2D eigenvalue weighted by Gasteiger charge is -2.33. The van der Waals surface area contributed by atoms with E-state index in [0.717, 1.165) is 11.3 Å². The van der Waals surface area contributed by atoms with E-state index < -0.39 is 0 Å². The fraction of sp³-hybridized carbons (Fsp3) is 0.300. The Balaban J connectivity index is 1.56. The number of methoxy groups -OCH3 is 1. The number of ether oxygens (including phenoxy) is 2. The van der Waals surface area contributed by atoms with Crippen LogP contribution < -0.4 is 15.0 Å². The van der Waals surface area contributed by atoms with Crippen LogP contribution in [0.4, 0.5) is 5.69 Å². The predicted octanol–water partition coefficient (Wildman–Crippen LogP) is 1.79. The maximum absolute atomic E-state index is 12.2. The second-order valence-electron chi connectivity index (χ2n) is 6.11. The number of nitrogens with zero attached hydrogens (tertiary/aromatic N) is 1. The smallest absolute Gasteiger partial charge is 0.253 e. The molecule has 0 aromatic heterocycles. The summed E-state index contributed by atoms with van der Waals surface area (Å²) in [5.74, 6) is 0.518. The Morgan fingerprint density at radius 3 is 2.81 bits per heavy atom. The molecule has 1 atom stereocenters. The van der Waals surface area contributed by atoms with Crippen molar-refractivity contribution < 1.29 is 19.1 Å². The lowest BCUT2D eigenvalue weighted by atomic mass is 10.1. The number of nitrogens with one attached hydrogen (secondary N) is 1. The fourth-order valence-electron chi connectivity index (χ4n) is 2.85. The van der Waals surface area contributed by atoms with Crippen molar-refractivity contribution in [3.05, 3.63) is 60.2 Å². The summed E-state index contributed by atoms with van der Waals surface area (Å²) in [6, 6.07) is 16.9. The number of hydrogen-bond acceptors (Lipinski definition) is 4. The van der Waals surface area contributed by atoms with E-state index in [1.807, 2.05) is 54.6 Å². The van der Waals surface area contributed by atoms with Gasteiger partial charge in [-0.2, -0.15) is 0 Å². The van der Waals surface area contributed by atoms with Crippen molar-refractivity contribution in [1.29, 1.82) is 0 Å². The third-order valence-electron chi connectivity index (χ3n) is 4.23. The van der Waals surface area contributed by atoms with Crippen LogP contribution in [-0.2, 0) is 20.7 Å². The van der Waals surface area contributed by atoms with Gasteiger partial charge in [-0.1, -0.05) is 36.4 Å². The lowest BCUT2D eigenvalue weighted by Crippen LogP contribution is -2.50. The maximum Gasteiger partial charge on any atom is 0.253 e. The first kappa shape index (κ1) is 17.9. The highest BCUT2D eigenvalue weighted by Crippen LogP contribution is 2.23. The quantitative estimate of drug-likeness (QED) is 0.859. The number of carbonyl (C=O) groups is 2. The van der Waals surface area contributed by atoms with Crippen LogP contribution >= 0.6 is 0 Å². The SMILES string of the molecule is COc1cccc(N2CC(CNC(=O)Cc3ccccc3)OCC2=O)c1. The second kappa shape index (κ2) is 8.49. The minimum atomic E-state index is -0.251. The Kier molecular flexibility index (Phi) is 5.86. The molecule has 6 heteroatoms. The van der Waals surface area contributed by atoms with E-state index >= 15 is 0 Å². The van der Waals surface area contributed by atoms with Gasteiger partial charge in [-0.25, -0.2) is 0 Å². The standard InChI is InChI=1S/C20H22N2O4/c1-25-17-9-5-8-16(11-17)22-13-18(26-14-20(22)24)12-21-19(23)10-15-6-3-2-4-7-15/h2-9,11,18H,10,12-14H2,1H3,(H,21,23). The number of carbonyl (C=O) groups excluding carboxylic acids is 2. The molecule has 1 unspecified atom stereocenters. The number of amides is 2. The summed E-state index contributed by atoms with van der Waals surface area (Å²) in [6.45, 7) is 0.744. The molecular formula is C20H22N2O4. The van der Waals surface area contributed by atoms with Crippen molar-refractivity contribution in [2.45, 2.75) is 12.5 Å². The Hall–Kier alpha value is -2.86. The summed E-state index contributed by atoms with van der Waals surface area (Å²) < 4.78 is 10.8. The number of rotatable bonds is 6. The zero-order chi connectivity index (χ0) is 18.4. The first-order valence-electron chi connectivity index (χ1n) is 8.52. The van der Waals surface area contributed by atoms with Crippen molar-refractivity contribution in [3.63, 3.8) is 0 Å². The van der Waals surface area contributed by atoms with E-state index in [9.17, 15) is 9.59 Å². The van der Waals surface area contributed by atoms with Crippen LogP contribution in [0.25, 0.3) is 0 Å². The summed E-state index contributed by atoms with van der Waals surface area (Å²) in [5.41, 5.74) is 1.72. The van der Waals surface area contributed by atoms with Crippen LogP contribution in [0.1, 0.15) is 5.56 Å². The summed E-state index contributed by atoms with van der Waals surface area (Å²) in [7, 11) is 1.59. The lowest BCUT2D eigenvalue weighted by molar-refractivity contribution is -0.129. The van der Waals surface area contributed by atoms with Crippen molar-refractivity contribution in [3.8, 4) is 5.75 Å². The molecule has 1 aliphatic heterocycles. The van der Waals surface area contributed by atoms with E-state index in [1.165, 1.54) is 0 Å². The molecular weight excluding hydrogens is 332 g/mol. The molecule has 1 heterocycles. The molecule has 6 nitrogen and oxygen atoms in total. The van der Waals surface area contributed by atoms with Crippen molar-refractivity contribution in [1.82, 2.24) is 5.32 Å². The molecule has 3 rings (SSSR count). The van der Waals surface area contributed by atoms with Gasteiger partial charge in [-0.3, -0.25) is 9.59 Å². The van der Waals surface area contributed by atoms with Crippen molar-refractivity contribution in [2.24, 2.45) is 0 Å². The number of hydrogen-bond donors (Lipinski definition) is 1. The van der Waals surface area contributed by atoms with Crippen LogP contribution in [0.2, 0.25) is 0 Å². The average molecular weight is 354 g/mol. The van der Waals surface area contributed by atoms with Gasteiger partial charge in [0.15, 0.2) is 0 Å². The highest BCUT2D eigenvalue weighted by molar-refractivity contribution is 5.95. The molecule has 1 fully saturated rings. The van der Waals surface area contributed by atoms with Gasteiger partial charge in [-0.15, -0.1) is 0 Å². The third kappa shape index (κ3) is 4.61. The Morgan fingerprint density at radius 1 is 1.23 bits per heavy atom. The van der Waals surface area contributed by atoms with Crippen molar-refractivity contribution in [2.75, 3.05) is 31.7 Å². The summed E-state index contributed by atoms with van der Waals surface area (Å²) in [4.78, 5) is 25.9. The Bertz CT molecular complexity index is 763. The Morgan fingerprint density at radius 2 is 2.04 bits per heavy atom. The molecule has 1 saturated heterocycles. The summed E-state index contributed by atoms with van der Waals surface area (Å²) in [6.07, 6.45) is 0.0742. The summed E-state index contributed by atoms with van der Waals surface area (Å²) >= 11 is 0. The maximum atomic E-state index is 12.2. The zero-order valence-electron chi connectivity index (χ0n) is 14.7. The van der Waals surface area contributed by atoms with Gasteiger partial charge in [0.05, 0.1) is 26.2 Å². The molecule has 1 aliphatic rings. The van der Waals surface area contributed by atoms with E-state index in [2.05, 4.69) is 5.32 Å². The van der Waals surface area contributed by atoms with Gasteiger partial charge in [0.25, 0.3) is 5.91 Å². The molecule has 2 aromatic carbocycles. The monoisotopic (exact) mass is 354 g/mol. The van der Waals surface area contributed by atoms with E-state index in [1.54, 1.807) is 12.0 Å². The predicted molar refractivity (Wildman–Crippen MR) is 98.2 cm³/mol. The fourth-order valence-corrected chi connectivity index (χ4v) is 2.85. The number of benzene rings is 2. The zero-order valence-corrected chi connectivity index (χ0v) is 14.7. The topological polar surface area (TPSA) is 67.9 Å². The van der Waals surface area contributed by atoms with E-state index in [4.69, 9.17) is 9.47 Å². The van der Waals surface area contributed by atoms with E-state index in [0.29, 0.717) is 25.3 Å². The van der Waals surface area contributed by atoms with Gasteiger partial charge in [0, 0.05) is 18.3 Å². The van der Waals surface area contributed by atoms with E-state index in [-0.39, 0.29) is 24.5 Å². The normalized spacial score (nSPS) is 17.0. The molecule has 0 spiro atoms. The number of anilines is 1. The first-order chi connectivity index (χ1) is 12.7. The van der Waals surface area contributed by atoms with Crippen LogP contribution in [0.5, 0.6) is 5.75 Å². The molecule has 0 saturated carbocycles. The van der Waals surface area contributed by atoms with Crippen molar-refractivity contribution >= 4 is 17.5 Å². The minimum Gasteiger partial charge on any atom is -0.497 e. The van der Waals surface area contributed by atoms with Crippen LogP contribution in [0.15, 0.2) is 54.6 Å². The molecule has 2 amide bonds. The molecule has 2 aromatic rings. The molecule has 0 radical (unpaired) electrons. The molecule has 0 bridgehead atoms. The van der Waals surface area contributed by atoms with Gasteiger partial charge in [0.2, 0.25) is 5.91 Å². The molecule has 26 heavy (non-hydrogen) atoms. The molecule has 136 valence electrons. The molecule has 0 aliphatic carbocycles. The average Bonchev–Trinajstić information content (AvgIpc) is 2.68. The highest BCUT2D eigenvalue weighted by atomic mass is 16.5. The largest absolute Gasteiger partial charge is 0.497 e. The van der Waals surface area contributed by atoms with Gasteiger partial charge in [-0.05, 0) is 17.7 Å². The minimum absolute atomic E-state index is 0.00354. The van der Waals surface area contributed by atoms with Gasteiger partial charge in [0.1, 0.15) is 12.4 Å². The number of morpholine rings is 1. The second-order valence-corrected chi connectivity index (χ2v) is 6.11. The van der Waals surface area contributed by atoms with Crippen LogP contribution in [0.3, 0.4) is 0 Å². The Labute approximate surface area is 152 Å². The van der Waals surface area contributed by atoms with Gasteiger partial charge >= 0.3 is 0 Å². The van der Waals surface area contributed by atoms with Gasteiger partial charge < -0.3 is 19.7 Å². The highest BCUT2D eigenvalue weighted by Gasteiger charge is 2.27. The van der Waals surface area contributed by atoms with Crippen LogP contribution in [-0.4, -0.2) is 44.7 Å². The molecule has 1 N–H and O–H groups in total.